The second-order valence-corrected chi connectivity index (χ2v) is 5.07. The largest absolute Gasteiger partial charge is 0.403 e. The lowest BCUT2D eigenvalue weighted by Gasteiger charge is -2.06. The monoisotopic (exact) mass is 288 g/mol. The Morgan fingerprint density at radius 3 is 2.41 bits per heavy atom. The fourth-order valence-corrected chi connectivity index (χ4v) is 2.68. The molecular formula is C18H12N2O2. The highest BCUT2D eigenvalue weighted by atomic mass is 16.5. The Bertz CT molecular complexity index is 939. The third-order valence-corrected chi connectivity index (χ3v) is 3.70. The van der Waals surface area contributed by atoms with Gasteiger partial charge >= 0.3 is 5.97 Å². The highest BCUT2D eigenvalue weighted by molar-refractivity contribution is 6.18. The highest BCUT2D eigenvalue weighted by Gasteiger charge is 2.27. The van der Waals surface area contributed by atoms with E-state index >= 15 is 0 Å². The first kappa shape index (κ1) is 12.6. The van der Waals surface area contributed by atoms with E-state index in [-0.39, 0.29) is 5.97 Å². The molecule has 0 unspecified atom stereocenters. The number of nitrogen functional groups attached to an aromatic ring is 1. The summed E-state index contributed by atoms with van der Waals surface area (Å²) in [6.07, 6.45) is 0. The average Bonchev–Trinajstić information content (AvgIpc) is 2.85. The van der Waals surface area contributed by atoms with Crippen LogP contribution in [0, 0.1) is 0 Å². The number of hydrogen-bond donors (Lipinski definition) is 1. The van der Waals surface area contributed by atoms with Crippen molar-refractivity contribution < 1.29 is 9.53 Å². The minimum absolute atomic E-state index is 0.316. The number of nitrogens with two attached hydrogens (primary N) is 1. The lowest BCUT2D eigenvalue weighted by atomic mass is 10.1. The van der Waals surface area contributed by atoms with E-state index in [0.717, 1.165) is 10.8 Å². The fourth-order valence-electron chi connectivity index (χ4n) is 2.68. The van der Waals surface area contributed by atoms with Gasteiger partial charge in [-0.25, -0.2) is 9.79 Å². The van der Waals surface area contributed by atoms with E-state index < -0.39 is 0 Å². The fraction of sp³-hybridized carbons (Fsp3) is 0. The van der Waals surface area contributed by atoms with Crippen molar-refractivity contribution in [2.24, 2.45) is 4.99 Å². The molecule has 0 aliphatic carbocycles. The maximum atomic E-state index is 11.9. The Morgan fingerprint density at radius 2 is 1.59 bits per heavy atom. The van der Waals surface area contributed by atoms with E-state index in [0.29, 0.717) is 28.4 Å². The van der Waals surface area contributed by atoms with Gasteiger partial charge in [0.05, 0.1) is 16.8 Å². The van der Waals surface area contributed by atoms with Crippen LogP contribution in [0.25, 0.3) is 10.8 Å². The van der Waals surface area contributed by atoms with Crippen LogP contribution in [0.5, 0.6) is 0 Å². The number of carbonyl (C=O) groups excluding carboxylic acids is 1. The minimum atomic E-state index is -0.373. The van der Waals surface area contributed by atoms with Crippen LogP contribution in [0.4, 0.5) is 11.4 Å². The van der Waals surface area contributed by atoms with Gasteiger partial charge in [-0.15, -0.1) is 0 Å². The minimum Gasteiger partial charge on any atom is -0.403 e. The number of nitrogens with zero attached hydrogens (tertiary/aromatic N) is 1. The second kappa shape index (κ2) is 4.70. The molecule has 0 radical (unpaired) electrons. The van der Waals surface area contributed by atoms with E-state index in [2.05, 4.69) is 4.99 Å². The molecule has 0 amide bonds. The van der Waals surface area contributed by atoms with E-state index in [4.69, 9.17) is 10.5 Å². The summed E-state index contributed by atoms with van der Waals surface area (Å²) in [6.45, 7) is 0. The summed E-state index contributed by atoms with van der Waals surface area (Å²) in [5.41, 5.74) is 8.66. The number of anilines is 1. The van der Waals surface area contributed by atoms with E-state index in [1.165, 1.54) is 0 Å². The number of esters is 1. The Balaban J connectivity index is 1.94. The highest BCUT2D eigenvalue weighted by Crippen LogP contribution is 2.32. The van der Waals surface area contributed by atoms with Crippen molar-refractivity contribution in [2.75, 3.05) is 5.73 Å². The van der Waals surface area contributed by atoms with Crippen LogP contribution in [0.15, 0.2) is 65.7 Å². The summed E-state index contributed by atoms with van der Waals surface area (Å²) in [5, 5.41) is 1.86. The van der Waals surface area contributed by atoms with Crippen LogP contribution in [-0.4, -0.2) is 11.9 Å². The summed E-state index contributed by atoms with van der Waals surface area (Å²) >= 11 is 0. The van der Waals surface area contributed by atoms with Gasteiger partial charge in [0.25, 0.3) is 0 Å². The molecule has 4 rings (SSSR count). The van der Waals surface area contributed by atoms with Gasteiger partial charge in [-0.1, -0.05) is 36.4 Å². The Labute approximate surface area is 126 Å². The molecule has 106 valence electrons. The van der Waals surface area contributed by atoms with Gasteiger partial charge in [0.2, 0.25) is 5.90 Å². The Hall–Kier alpha value is -3.14. The molecule has 0 saturated heterocycles. The van der Waals surface area contributed by atoms with Gasteiger partial charge in [0.1, 0.15) is 0 Å². The summed E-state index contributed by atoms with van der Waals surface area (Å²) in [6, 6.07) is 18.7. The molecule has 0 aromatic heterocycles. The number of fused-ring (bicyclic) bond motifs is 2. The molecule has 0 spiro atoms. The summed E-state index contributed by atoms with van der Waals surface area (Å²) in [7, 11) is 0. The Kier molecular flexibility index (Phi) is 2.69. The summed E-state index contributed by atoms with van der Waals surface area (Å²) in [5.74, 6) is -0.0566. The Morgan fingerprint density at radius 1 is 0.864 bits per heavy atom. The third-order valence-electron chi connectivity index (χ3n) is 3.70. The lowest BCUT2D eigenvalue weighted by molar-refractivity contribution is 0.0737. The molecule has 4 nitrogen and oxygen atoms in total. The van der Waals surface area contributed by atoms with Crippen molar-refractivity contribution in [3.05, 3.63) is 71.8 Å². The molecule has 1 aliphatic heterocycles. The molecule has 0 bridgehead atoms. The van der Waals surface area contributed by atoms with Gasteiger partial charge < -0.3 is 10.5 Å². The number of carbonyl (C=O) groups is 1. The number of rotatable bonds is 1. The van der Waals surface area contributed by atoms with Crippen molar-refractivity contribution in [1.82, 2.24) is 0 Å². The molecule has 22 heavy (non-hydrogen) atoms. The molecule has 2 N–H and O–H groups in total. The van der Waals surface area contributed by atoms with Gasteiger partial charge in [-0.05, 0) is 29.7 Å². The first-order chi connectivity index (χ1) is 10.7. The normalized spacial score (nSPS) is 15.1. The van der Waals surface area contributed by atoms with Crippen molar-refractivity contribution in [1.29, 1.82) is 0 Å². The molecule has 3 aromatic carbocycles. The SMILES string of the molecule is Nc1cccc2cccc(N=C3OC(=O)c4ccccc43)c12. The number of hydrogen-bond acceptors (Lipinski definition) is 4. The zero-order valence-corrected chi connectivity index (χ0v) is 11.6. The molecule has 4 heteroatoms. The first-order valence-electron chi connectivity index (χ1n) is 6.91. The summed E-state index contributed by atoms with van der Waals surface area (Å²) < 4.78 is 5.29. The number of ether oxygens (including phenoxy) is 1. The van der Waals surface area contributed by atoms with Gasteiger partial charge in [0, 0.05) is 11.1 Å². The lowest BCUT2D eigenvalue weighted by Crippen LogP contribution is -1.99. The number of benzene rings is 3. The predicted octanol–water partition coefficient (Wildman–Crippen LogP) is 3.67. The van der Waals surface area contributed by atoms with Crippen molar-refractivity contribution in [3.8, 4) is 0 Å². The average molecular weight is 288 g/mol. The first-order valence-corrected chi connectivity index (χ1v) is 6.91. The maximum Gasteiger partial charge on any atom is 0.345 e. The zero-order chi connectivity index (χ0) is 15.1. The smallest absolute Gasteiger partial charge is 0.345 e. The van der Waals surface area contributed by atoms with E-state index in [1.54, 1.807) is 12.1 Å². The topological polar surface area (TPSA) is 64.7 Å². The van der Waals surface area contributed by atoms with Crippen LogP contribution in [0.2, 0.25) is 0 Å². The third kappa shape index (κ3) is 1.85. The van der Waals surface area contributed by atoms with Crippen molar-refractivity contribution >= 4 is 34.0 Å². The van der Waals surface area contributed by atoms with Gasteiger partial charge in [-0.3, -0.25) is 0 Å². The molecular weight excluding hydrogens is 276 g/mol. The van der Waals surface area contributed by atoms with Crippen LogP contribution in [-0.2, 0) is 4.74 Å². The molecule has 1 aliphatic rings. The summed E-state index contributed by atoms with van der Waals surface area (Å²) in [4.78, 5) is 16.4. The maximum absolute atomic E-state index is 11.9. The van der Waals surface area contributed by atoms with E-state index in [1.807, 2.05) is 48.5 Å². The van der Waals surface area contributed by atoms with Gasteiger partial charge in [0.15, 0.2) is 0 Å². The van der Waals surface area contributed by atoms with Crippen LogP contribution in [0.1, 0.15) is 15.9 Å². The quantitative estimate of drug-likeness (QED) is 0.549. The molecule has 1 heterocycles. The zero-order valence-electron chi connectivity index (χ0n) is 11.6. The predicted molar refractivity (Wildman–Crippen MR) is 86.4 cm³/mol. The van der Waals surface area contributed by atoms with Crippen molar-refractivity contribution in [3.63, 3.8) is 0 Å². The second-order valence-electron chi connectivity index (χ2n) is 5.07. The standard InChI is InChI=1S/C18H12N2O2/c19-14-9-3-5-11-6-4-10-15(16(11)14)20-17-12-7-1-2-8-13(12)18(21)22-17/h1-10H,19H2. The number of aliphatic imine (C=N–C) groups is 1. The molecule has 0 fully saturated rings. The molecule has 0 atom stereocenters. The number of cyclic esters (lactones) is 1. The van der Waals surface area contributed by atoms with Gasteiger partial charge in [-0.2, -0.15) is 0 Å². The van der Waals surface area contributed by atoms with Crippen LogP contribution in [0.3, 0.4) is 0 Å². The molecule has 3 aromatic rings. The van der Waals surface area contributed by atoms with Crippen LogP contribution < -0.4 is 5.73 Å². The van der Waals surface area contributed by atoms with E-state index in [9.17, 15) is 4.79 Å². The molecule has 0 saturated carbocycles. The van der Waals surface area contributed by atoms with Crippen LogP contribution >= 0.6 is 0 Å². The van der Waals surface area contributed by atoms with Crippen molar-refractivity contribution in [2.45, 2.75) is 0 Å².